The van der Waals surface area contributed by atoms with Gasteiger partial charge >= 0.3 is 0 Å². The molecule has 0 aliphatic rings. The number of nitrogens with zero attached hydrogens (tertiary/aromatic N) is 1. The molecule has 0 heterocycles. The molecule has 58 valence electrons. The average Bonchev–Trinajstić information content (AvgIpc) is 1.87. The first-order valence-electron chi connectivity index (χ1n) is 3.25. The predicted octanol–water partition coefficient (Wildman–Crippen LogP) is 0.914. The zero-order valence-corrected chi connectivity index (χ0v) is 6.34. The summed E-state index contributed by atoms with van der Waals surface area (Å²) in [5.74, 6) is 0. The maximum Gasteiger partial charge on any atom is 0.137 e. The van der Waals surface area contributed by atoms with Crippen LogP contribution in [0.15, 0.2) is 17.3 Å². The van der Waals surface area contributed by atoms with Crippen LogP contribution in [0.2, 0.25) is 0 Å². The second kappa shape index (κ2) is 6.29. The maximum atomic E-state index is 5.21. The molecule has 0 atom stereocenters. The second-order valence-corrected chi connectivity index (χ2v) is 2.10. The zero-order valence-electron chi connectivity index (χ0n) is 6.34. The molecule has 0 radical (unpaired) electrons. The third-order valence-corrected chi connectivity index (χ3v) is 0.756. The Morgan fingerprint density at radius 1 is 1.80 bits per heavy atom. The van der Waals surface area contributed by atoms with Gasteiger partial charge < -0.3 is 10.6 Å². The Kier molecular flexibility index (Phi) is 5.77. The first kappa shape index (κ1) is 9.17. The van der Waals surface area contributed by atoms with Gasteiger partial charge in [0.05, 0.1) is 0 Å². The van der Waals surface area contributed by atoms with Crippen LogP contribution in [0, 0.1) is 0 Å². The van der Waals surface area contributed by atoms with Crippen molar-refractivity contribution in [2.24, 2.45) is 10.9 Å². The van der Waals surface area contributed by atoms with Gasteiger partial charge in [0, 0.05) is 6.21 Å². The zero-order chi connectivity index (χ0) is 7.82. The molecule has 0 saturated heterocycles. The van der Waals surface area contributed by atoms with Gasteiger partial charge in [0.25, 0.3) is 0 Å². The highest BCUT2D eigenvalue weighted by atomic mass is 16.6. The Balaban J connectivity index is 3.10. The normalized spacial score (nSPS) is 10.2. The molecule has 0 spiro atoms. The first-order chi connectivity index (χ1) is 4.77. The van der Waals surface area contributed by atoms with Crippen LogP contribution in [0.3, 0.4) is 0 Å². The highest BCUT2D eigenvalue weighted by Gasteiger charge is 1.81. The minimum absolute atomic E-state index is 0.487. The minimum Gasteiger partial charge on any atom is -0.392 e. The lowest BCUT2D eigenvalue weighted by molar-refractivity contribution is 0.169. The summed E-state index contributed by atoms with van der Waals surface area (Å²) in [5.41, 5.74) is 6.17. The molecule has 0 rings (SSSR count). The van der Waals surface area contributed by atoms with E-state index in [2.05, 4.69) is 11.7 Å². The molecule has 0 bridgehead atoms. The fourth-order valence-corrected chi connectivity index (χ4v) is 0.327. The fourth-order valence-electron chi connectivity index (χ4n) is 0.327. The molecular formula is C7H14N2O. The van der Waals surface area contributed by atoms with Gasteiger partial charge in [-0.05, 0) is 25.5 Å². The van der Waals surface area contributed by atoms with Gasteiger partial charge in [0.15, 0.2) is 0 Å². The quantitative estimate of drug-likeness (QED) is 0.352. The van der Waals surface area contributed by atoms with Crippen LogP contribution in [0.1, 0.15) is 13.3 Å². The molecular weight excluding hydrogens is 128 g/mol. The lowest BCUT2D eigenvalue weighted by atomic mass is 10.4. The molecule has 0 aliphatic heterocycles. The average molecular weight is 142 g/mol. The summed E-state index contributed by atoms with van der Waals surface area (Å²) in [6, 6.07) is 0. The molecule has 3 nitrogen and oxygen atoms in total. The largest absolute Gasteiger partial charge is 0.392 e. The van der Waals surface area contributed by atoms with E-state index in [0.717, 1.165) is 12.0 Å². The van der Waals surface area contributed by atoms with E-state index in [1.165, 1.54) is 0 Å². The van der Waals surface area contributed by atoms with Crippen molar-refractivity contribution in [3.8, 4) is 0 Å². The summed E-state index contributed by atoms with van der Waals surface area (Å²) in [6.07, 6.45) is 2.42. The van der Waals surface area contributed by atoms with E-state index >= 15 is 0 Å². The van der Waals surface area contributed by atoms with Crippen LogP contribution in [0.5, 0.6) is 0 Å². The standard InChI is InChI=1S/C7H14N2O/c1-7(2)6-10-9-5-3-4-8/h5H,1,3-4,6,8H2,2H3/b9-5+. The molecule has 2 N–H and O–H groups in total. The predicted molar refractivity (Wildman–Crippen MR) is 42.9 cm³/mol. The van der Waals surface area contributed by atoms with Crippen molar-refractivity contribution in [2.45, 2.75) is 13.3 Å². The van der Waals surface area contributed by atoms with Crippen molar-refractivity contribution in [3.63, 3.8) is 0 Å². The van der Waals surface area contributed by atoms with Crippen LogP contribution in [0.25, 0.3) is 0 Å². The van der Waals surface area contributed by atoms with E-state index in [-0.39, 0.29) is 0 Å². The van der Waals surface area contributed by atoms with Crippen LogP contribution >= 0.6 is 0 Å². The van der Waals surface area contributed by atoms with Gasteiger partial charge in [-0.2, -0.15) is 0 Å². The molecule has 3 heteroatoms. The monoisotopic (exact) mass is 142 g/mol. The van der Waals surface area contributed by atoms with Crippen molar-refractivity contribution < 1.29 is 4.84 Å². The summed E-state index contributed by atoms with van der Waals surface area (Å²) >= 11 is 0. The van der Waals surface area contributed by atoms with E-state index in [1.54, 1.807) is 6.21 Å². The third-order valence-electron chi connectivity index (χ3n) is 0.756. The SMILES string of the molecule is C=C(C)CO/N=C/CCN. The van der Waals surface area contributed by atoms with E-state index < -0.39 is 0 Å². The van der Waals surface area contributed by atoms with Crippen molar-refractivity contribution in [3.05, 3.63) is 12.2 Å². The smallest absolute Gasteiger partial charge is 0.137 e. The fraction of sp³-hybridized carbons (Fsp3) is 0.571. The Morgan fingerprint density at radius 2 is 2.50 bits per heavy atom. The van der Waals surface area contributed by atoms with Crippen molar-refractivity contribution >= 4 is 6.21 Å². The summed E-state index contributed by atoms with van der Waals surface area (Å²) in [5, 5.41) is 3.64. The maximum absolute atomic E-state index is 5.21. The van der Waals surface area contributed by atoms with Crippen LogP contribution in [-0.4, -0.2) is 19.4 Å². The van der Waals surface area contributed by atoms with Gasteiger partial charge in [0.1, 0.15) is 6.61 Å². The summed E-state index contributed by atoms with van der Waals surface area (Å²) in [4.78, 5) is 4.81. The van der Waals surface area contributed by atoms with Gasteiger partial charge in [-0.3, -0.25) is 0 Å². The number of rotatable bonds is 5. The Bertz CT molecular complexity index is 121. The van der Waals surface area contributed by atoms with Gasteiger partial charge in [-0.25, -0.2) is 0 Å². The van der Waals surface area contributed by atoms with Gasteiger partial charge in [0.2, 0.25) is 0 Å². The first-order valence-corrected chi connectivity index (χ1v) is 3.25. The molecule has 0 fully saturated rings. The third kappa shape index (κ3) is 7.17. The Morgan fingerprint density at radius 3 is 3.00 bits per heavy atom. The Labute approximate surface area is 61.5 Å². The van der Waals surface area contributed by atoms with E-state index in [9.17, 15) is 0 Å². The molecule has 0 aromatic carbocycles. The lowest BCUT2D eigenvalue weighted by Crippen LogP contribution is -1.98. The van der Waals surface area contributed by atoms with E-state index in [4.69, 9.17) is 10.6 Å². The number of hydrogen-bond donors (Lipinski definition) is 1. The van der Waals surface area contributed by atoms with Gasteiger partial charge in [-0.1, -0.05) is 11.7 Å². The molecule has 0 unspecified atom stereocenters. The second-order valence-electron chi connectivity index (χ2n) is 2.10. The number of nitrogens with two attached hydrogens (primary N) is 1. The number of oxime groups is 1. The van der Waals surface area contributed by atoms with Crippen LogP contribution in [-0.2, 0) is 4.84 Å². The summed E-state index contributed by atoms with van der Waals surface area (Å²) in [6.45, 7) is 6.63. The molecule has 0 amide bonds. The van der Waals surface area contributed by atoms with Crippen molar-refractivity contribution in [1.29, 1.82) is 0 Å². The lowest BCUT2D eigenvalue weighted by Gasteiger charge is -1.94. The van der Waals surface area contributed by atoms with E-state index in [1.807, 2.05) is 6.92 Å². The molecule has 0 saturated carbocycles. The van der Waals surface area contributed by atoms with E-state index in [0.29, 0.717) is 13.2 Å². The number of hydrogen-bond acceptors (Lipinski definition) is 3. The molecule has 0 aliphatic carbocycles. The minimum atomic E-state index is 0.487. The molecule has 10 heavy (non-hydrogen) atoms. The summed E-state index contributed by atoms with van der Waals surface area (Å²) < 4.78 is 0. The van der Waals surface area contributed by atoms with Gasteiger partial charge in [-0.15, -0.1) is 0 Å². The van der Waals surface area contributed by atoms with Crippen LogP contribution in [0.4, 0.5) is 0 Å². The molecule has 0 aromatic rings. The Hall–Kier alpha value is -0.830. The van der Waals surface area contributed by atoms with Crippen LogP contribution < -0.4 is 5.73 Å². The van der Waals surface area contributed by atoms with Crippen molar-refractivity contribution in [1.82, 2.24) is 0 Å². The summed E-state index contributed by atoms with van der Waals surface area (Å²) in [7, 11) is 0. The topological polar surface area (TPSA) is 47.6 Å². The highest BCUT2D eigenvalue weighted by molar-refractivity contribution is 5.56. The molecule has 0 aromatic heterocycles. The highest BCUT2D eigenvalue weighted by Crippen LogP contribution is 1.87. The van der Waals surface area contributed by atoms with Crippen molar-refractivity contribution in [2.75, 3.05) is 13.2 Å².